The van der Waals surface area contributed by atoms with Crippen LogP contribution in [0.4, 0.5) is 13.2 Å². The van der Waals surface area contributed by atoms with Gasteiger partial charge in [-0.05, 0) is 0 Å². The lowest BCUT2D eigenvalue weighted by Gasteiger charge is -2.13. The van der Waals surface area contributed by atoms with Gasteiger partial charge in [0.1, 0.15) is 6.23 Å². The molecule has 2 N–H and O–H groups in total. The highest BCUT2D eigenvalue weighted by atomic mass is 32.2. The van der Waals surface area contributed by atoms with Gasteiger partial charge in [-0.15, -0.1) is 0 Å². The zero-order chi connectivity index (χ0) is 10.1. The van der Waals surface area contributed by atoms with Crippen molar-refractivity contribution in [2.75, 3.05) is 13.3 Å². The first-order valence-electron chi connectivity index (χ1n) is 3.24. The molecule has 0 aliphatic carbocycles. The molecule has 0 unspecified atom stereocenters. The maximum atomic E-state index is 11.8. The topological polar surface area (TPSA) is 67.4 Å². The molecule has 1 rings (SSSR count). The SMILES string of the molecule is O=S(=O)(N[C@H]1CNCO1)C(F)(F)F. The highest BCUT2D eigenvalue weighted by Gasteiger charge is 2.47. The Labute approximate surface area is 72.3 Å². The Hall–Kier alpha value is -0.380. The summed E-state index contributed by atoms with van der Waals surface area (Å²) in [6, 6.07) is 0. The number of alkyl halides is 3. The van der Waals surface area contributed by atoms with Crippen LogP contribution >= 0.6 is 0 Å². The van der Waals surface area contributed by atoms with Crippen LogP contribution in [0.15, 0.2) is 0 Å². The van der Waals surface area contributed by atoms with Crippen molar-refractivity contribution < 1.29 is 26.3 Å². The zero-order valence-corrected chi connectivity index (χ0v) is 7.07. The van der Waals surface area contributed by atoms with Gasteiger partial charge in [-0.3, -0.25) is 5.32 Å². The molecule has 0 bridgehead atoms. The van der Waals surface area contributed by atoms with Gasteiger partial charge < -0.3 is 4.74 Å². The van der Waals surface area contributed by atoms with Gasteiger partial charge in [0.2, 0.25) is 0 Å². The smallest absolute Gasteiger partial charge is 0.346 e. The van der Waals surface area contributed by atoms with Crippen molar-refractivity contribution in [3.05, 3.63) is 0 Å². The molecule has 78 valence electrons. The molecule has 0 spiro atoms. The Morgan fingerprint density at radius 2 is 2.08 bits per heavy atom. The van der Waals surface area contributed by atoms with E-state index in [0.717, 1.165) is 0 Å². The van der Waals surface area contributed by atoms with Gasteiger partial charge in [-0.2, -0.15) is 17.9 Å². The van der Waals surface area contributed by atoms with Crippen LogP contribution in [-0.2, 0) is 14.8 Å². The Bertz CT molecular complexity index is 269. The Kier molecular flexibility index (Phi) is 2.80. The number of rotatable bonds is 2. The summed E-state index contributed by atoms with van der Waals surface area (Å²) in [7, 11) is -5.30. The van der Waals surface area contributed by atoms with Crippen molar-refractivity contribution >= 4 is 10.0 Å². The van der Waals surface area contributed by atoms with Crippen LogP contribution < -0.4 is 10.0 Å². The number of nitrogens with one attached hydrogen (secondary N) is 2. The second-order valence-electron chi connectivity index (χ2n) is 2.32. The van der Waals surface area contributed by atoms with E-state index in [-0.39, 0.29) is 13.3 Å². The molecule has 0 radical (unpaired) electrons. The predicted molar refractivity (Wildman–Crippen MR) is 35.9 cm³/mol. The molecule has 9 heteroatoms. The molecule has 0 aromatic heterocycles. The molecule has 1 aliphatic heterocycles. The third kappa shape index (κ3) is 2.53. The number of hydrogen-bond donors (Lipinski definition) is 2. The van der Waals surface area contributed by atoms with Crippen molar-refractivity contribution in [3.8, 4) is 0 Å². The number of sulfonamides is 1. The fourth-order valence-electron chi connectivity index (χ4n) is 0.724. The molecule has 1 heterocycles. The minimum atomic E-state index is -5.30. The molecule has 13 heavy (non-hydrogen) atoms. The summed E-state index contributed by atoms with van der Waals surface area (Å²) in [5, 5.41) is 2.53. The van der Waals surface area contributed by atoms with Gasteiger partial charge in [0, 0.05) is 6.54 Å². The molecule has 5 nitrogen and oxygen atoms in total. The zero-order valence-electron chi connectivity index (χ0n) is 6.26. The average molecular weight is 220 g/mol. The molecular formula is C4H7F3N2O3S. The van der Waals surface area contributed by atoms with E-state index >= 15 is 0 Å². The van der Waals surface area contributed by atoms with Crippen molar-refractivity contribution in [1.29, 1.82) is 0 Å². The summed E-state index contributed by atoms with van der Waals surface area (Å²) in [6.45, 7) is 0.0559. The van der Waals surface area contributed by atoms with Gasteiger partial charge in [0.05, 0.1) is 6.73 Å². The first kappa shape index (κ1) is 10.7. The lowest BCUT2D eigenvalue weighted by atomic mass is 10.6. The number of hydrogen-bond acceptors (Lipinski definition) is 4. The average Bonchev–Trinajstić information content (AvgIpc) is 2.35. The van der Waals surface area contributed by atoms with Crippen molar-refractivity contribution in [3.63, 3.8) is 0 Å². The second kappa shape index (κ2) is 3.40. The standard InChI is InChI=1S/C4H7F3N2O3S/c5-4(6,7)13(10,11)9-3-1-8-2-12-3/h3,8-9H,1-2H2/t3-/m1/s1. The normalized spacial score (nSPS) is 25.0. The number of halogens is 3. The van der Waals surface area contributed by atoms with E-state index in [4.69, 9.17) is 0 Å². The van der Waals surface area contributed by atoms with Gasteiger partial charge in [-0.25, -0.2) is 8.42 Å². The summed E-state index contributed by atoms with van der Waals surface area (Å²) in [6.07, 6.45) is -1.15. The maximum absolute atomic E-state index is 11.8. The van der Waals surface area contributed by atoms with Crippen molar-refractivity contribution in [1.82, 2.24) is 10.0 Å². The van der Waals surface area contributed by atoms with Gasteiger partial charge in [0.25, 0.3) is 0 Å². The first-order chi connectivity index (χ1) is 5.83. The summed E-state index contributed by atoms with van der Waals surface area (Å²) < 4.78 is 62.1. The van der Waals surface area contributed by atoms with Crippen LogP contribution in [0.3, 0.4) is 0 Å². The second-order valence-corrected chi connectivity index (χ2v) is 4.03. The predicted octanol–water partition coefficient (Wildman–Crippen LogP) is -0.671. The third-order valence-corrected chi connectivity index (χ3v) is 2.49. The lowest BCUT2D eigenvalue weighted by molar-refractivity contribution is -0.0467. The molecule has 0 amide bonds. The van der Waals surface area contributed by atoms with Gasteiger partial charge in [-0.1, -0.05) is 0 Å². The monoisotopic (exact) mass is 220 g/mol. The third-order valence-electron chi connectivity index (χ3n) is 1.31. The van der Waals surface area contributed by atoms with Gasteiger partial charge in [0.15, 0.2) is 0 Å². The minimum Gasteiger partial charge on any atom is -0.346 e. The van der Waals surface area contributed by atoms with Crippen LogP contribution in [0, 0.1) is 0 Å². The van der Waals surface area contributed by atoms with Crippen LogP contribution in [0.2, 0.25) is 0 Å². The molecule has 0 saturated carbocycles. The highest BCUT2D eigenvalue weighted by Crippen LogP contribution is 2.22. The molecule has 1 atom stereocenters. The van der Waals surface area contributed by atoms with Gasteiger partial charge >= 0.3 is 15.5 Å². The molecule has 1 aliphatic rings. The summed E-state index contributed by atoms with van der Waals surface area (Å²) in [5.41, 5.74) is -5.29. The number of ether oxygens (including phenoxy) is 1. The highest BCUT2D eigenvalue weighted by molar-refractivity contribution is 7.90. The maximum Gasteiger partial charge on any atom is 0.511 e. The quantitative estimate of drug-likeness (QED) is 0.647. The minimum absolute atomic E-state index is 0.0231. The summed E-state index contributed by atoms with van der Waals surface area (Å²) >= 11 is 0. The van der Waals surface area contributed by atoms with E-state index in [1.165, 1.54) is 4.72 Å². The van der Waals surface area contributed by atoms with E-state index in [1.54, 1.807) is 0 Å². The summed E-state index contributed by atoms with van der Waals surface area (Å²) in [4.78, 5) is 0. The Morgan fingerprint density at radius 1 is 1.46 bits per heavy atom. The van der Waals surface area contributed by atoms with E-state index in [0.29, 0.717) is 0 Å². The Balaban J connectivity index is 2.62. The van der Waals surface area contributed by atoms with E-state index in [2.05, 4.69) is 10.1 Å². The molecule has 1 fully saturated rings. The molecular weight excluding hydrogens is 213 g/mol. The molecule has 1 saturated heterocycles. The van der Waals surface area contributed by atoms with Crippen LogP contribution in [-0.4, -0.2) is 33.4 Å². The largest absolute Gasteiger partial charge is 0.511 e. The van der Waals surface area contributed by atoms with Crippen LogP contribution in [0.5, 0.6) is 0 Å². The molecule has 0 aromatic rings. The van der Waals surface area contributed by atoms with Crippen LogP contribution in [0.25, 0.3) is 0 Å². The van der Waals surface area contributed by atoms with Crippen molar-refractivity contribution in [2.24, 2.45) is 0 Å². The van der Waals surface area contributed by atoms with E-state index in [9.17, 15) is 21.6 Å². The fraction of sp³-hybridized carbons (Fsp3) is 1.00. The van der Waals surface area contributed by atoms with Crippen molar-refractivity contribution in [2.45, 2.75) is 11.7 Å². The Morgan fingerprint density at radius 3 is 2.46 bits per heavy atom. The molecule has 0 aromatic carbocycles. The van der Waals surface area contributed by atoms with Crippen LogP contribution in [0.1, 0.15) is 0 Å². The first-order valence-corrected chi connectivity index (χ1v) is 4.72. The summed E-state index contributed by atoms with van der Waals surface area (Å²) in [5.74, 6) is 0. The van der Waals surface area contributed by atoms with E-state index < -0.39 is 21.8 Å². The lowest BCUT2D eigenvalue weighted by Crippen LogP contribution is -2.44. The van der Waals surface area contributed by atoms with E-state index in [1.807, 2.05) is 0 Å². The fourth-order valence-corrected chi connectivity index (χ4v) is 1.36.